The lowest BCUT2D eigenvalue weighted by Gasteiger charge is -2.30. The van der Waals surface area contributed by atoms with Gasteiger partial charge >= 0.3 is 0 Å². The van der Waals surface area contributed by atoms with Crippen molar-refractivity contribution in [1.29, 1.82) is 0 Å². The maximum Gasteiger partial charge on any atom is 0.239 e. The molecule has 1 aliphatic rings. The van der Waals surface area contributed by atoms with E-state index in [9.17, 15) is 0 Å². The highest BCUT2D eigenvalue weighted by Crippen LogP contribution is 2.34. The van der Waals surface area contributed by atoms with E-state index in [1.165, 1.54) is 11.1 Å². The van der Waals surface area contributed by atoms with Crippen LogP contribution in [0.3, 0.4) is 0 Å². The zero-order chi connectivity index (χ0) is 12.4. The van der Waals surface area contributed by atoms with Gasteiger partial charge in [-0.25, -0.2) is 10.8 Å². The Morgan fingerprint density at radius 1 is 1.28 bits per heavy atom. The van der Waals surface area contributed by atoms with Gasteiger partial charge in [0.1, 0.15) is 5.82 Å². The van der Waals surface area contributed by atoms with Crippen LogP contribution in [0.5, 0.6) is 0 Å². The molecule has 1 aromatic heterocycles. The number of hydrazine groups is 1. The Labute approximate surface area is 105 Å². The summed E-state index contributed by atoms with van der Waals surface area (Å²) in [4.78, 5) is 8.19. The van der Waals surface area contributed by atoms with Crippen molar-refractivity contribution in [2.45, 2.75) is 12.3 Å². The third kappa shape index (κ3) is 2.00. The molecule has 0 fully saturated rings. The Kier molecular flexibility index (Phi) is 2.82. The normalized spacial score (nSPS) is 16.6. The van der Waals surface area contributed by atoms with Gasteiger partial charge in [0.05, 0.1) is 0 Å². The highest BCUT2D eigenvalue weighted by molar-refractivity contribution is 5.44. The summed E-state index contributed by atoms with van der Waals surface area (Å²) in [5.74, 6) is 7.07. The minimum atomic E-state index is 0.425. The minimum Gasteiger partial charge on any atom is -0.369 e. The number of aromatic nitrogens is 2. The van der Waals surface area contributed by atoms with E-state index in [0.717, 1.165) is 18.8 Å². The second kappa shape index (κ2) is 4.62. The summed E-state index contributed by atoms with van der Waals surface area (Å²) in [6.45, 7) is 0.887. The van der Waals surface area contributed by atoms with E-state index in [0.29, 0.717) is 11.9 Å². The van der Waals surface area contributed by atoms with Crippen molar-refractivity contribution >= 4 is 11.8 Å². The maximum atomic E-state index is 5.27. The Balaban J connectivity index is 1.63. The minimum absolute atomic E-state index is 0.425. The van der Waals surface area contributed by atoms with Crippen LogP contribution in [0, 0.1) is 0 Å². The van der Waals surface area contributed by atoms with Crippen LogP contribution in [0.1, 0.15) is 17.0 Å². The van der Waals surface area contributed by atoms with Gasteiger partial charge in [-0.05, 0) is 23.6 Å². The van der Waals surface area contributed by atoms with Crippen LogP contribution >= 0.6 is 0 Å². The second-order valence-electron chi connectivity index (χ2n) is 4.39. The lowest BCUT2D eigenvalue weighted by Crippen LogP contribution is -2.24. The van der Waals surface area contributed by atoms with Crippen LogP contribution in [0.4, 0.5) is 11.8 Å². The van der Waals surface area contributed by atoms with E-state index >= 15 is 0 Å². The number of nitrogen functional groups attached to an aromatic ring is 1. The largest absolute Gasteiger partial charge is 0.369 e. The molecule has 0 bridgehead atoms. The molecule has 1 aromatic carbocycles. The number of anilines is 2. The van der Waals surface area contributed by atoms with E-state index < -0.39 is 0 Å². The van der Waals surface area contributed by atoms with Gasteiger partial charge < -0.3 is 5.32 Å². The van der Waals surface area contributed by atoms with Crippen LogP contribution in [0.15, 0.2) is 36.5 Å². The van der Waals surface area contributed by atoms with E-state index in [-0.39, 0.29) is 0 Å². The van der Waals surface area contributed by atoms with Crippen molar-refractivity contribution in [3.05, 3.63) is 47.7 Å². The summed E-state index contributed by atoms with van der Waals surface area (Å²) in [5.41, 5.74) is 5.33. The van der Waals surface area contributed by atoms with Gasteiger partial charge in [0.2, 0.25) is 5.95 Å². The average molecular weight is 241 g/mol. The molecular formula is C13H15N5. The van der Waals surface area contributed by atoms with Gasteiger partial charge in [-0.3, -0.25) is 5.43 Å². The van der Waals surface area contributed by atoms with Gasteiger partial charge in [-0.2, -0.15) is 4.98 Å². The average Bonchev–Trinajstić information content (AvgIpc) is 2.40. The first-order valence-electron chi connectivity index (χ1n) is 5.98. The van der Waals surface area contributed by atoms with Crippen molar-refractivity contribution in [3.63, 3.8) is 0 Å². The van der Waals surface area contributed by atoms with Crippen molar-refractivity contribution < 1.29 is 0 Å². The molecule has 1 aliphatic carbocycles. The van der Waals surface area contributed by atoms with Crippen molar-refractivity contribution in [2.24, 2.45) is 5.84 Å². The second-order valence-corrected chi connectivity index (χ2v) is 4.39. The third-order valence-corrected chi connectivity index (χ3v) is 3.28. The van der Waals surface area contributed by atoms with Crippen LogP contribution in [0.2, 0.25) is 0 Å². The van der Waals surface area contributed by atoms with Crippen molar-refractivity contribution in [2.75, 3.05) is 17.3 Å². The number of hydrogen-bond donors (Lipinski definition) is 3. The van der Waals surface area contributed by atoms with E-state index in [1.54, 1.807) is 6.20 Å². The van der Waals surface area contributed by atoms with Crippen LogP contribution < -0.4 is 16.6 Å². The Bertz CT molecular complexity index is 555. The number of fused-ring (bicyclic) bond motifs is 1. The highest BCUT2D eigenvalue weighted by Gasteiger charge is 2.24. The number of hydrogen-bond acceptors (Lipinski definition) is 5. The van der Waals surface area contributed by atoms with Crippen LogP contribution in [-0.4, -0.2) is 16.5 Å². The van der Waals surface area contributed by atoms with Gasteiger partial charge in [0, 0.05) is 18.7 Å². The van der Waals surface area contributed by atoms with Crippen molar-refractivity contribution in [3.8, 4) is 0 Å². The molecule has 18 heavy (non-hydrogen) atoms. The molecule has 0 amide bonds. The molecule has 5 heteroatoms. The van der Waals surface area contributed by atoms with Crippen LogP contribution in [0.25, 0.3) is 0 Å². The monoisotopic (exact) mass is 241 g/mol. The molecule has 1 atom stereocenters. The topological polar surface area (TPSA) is 75.9 Å². The summed E-state index contributed by atoms with van der Waals surface area (Å²) < 4.78 is 0. The molecule has 0 radical (unpaired) electrons. The van der Waals surface area contributed by atoms with Crippen LogP contribution in [-0.2, 0) is 6.42 Å². The van der Waals surface area contributed by atoms with Gasteiger partial charge in [-0.1, -0.05) is 24.3 Å². The first kappa shape index (κ1) is 11.0. The fourth-order valence-corrected chi connectivity index (χ4v) is 2.30. The zero-order valence-corrected chi connectivity index (χ0v) is 9.93. The third-order valence-electron chi connectivity index (χ3n) is 3.28. The Morgan fingerprint density at radius 2 is 2.17 bits per heavy atom. The number of benzene rings is 1. The predicted octanol–water partition coefficient (Wildman–Crippen LogP) is 1.51. The lowest BCUT2D eigenvalue weighted by molar-refractivity contribution is 0.634. The summed E-state index contributed by atoms with van der Waals surface area (Å²) in [5, 5.41) is 3.32. The SMILES string of the molecule is NNc1nccc(NCC2Cc3ccccc32)n1. The summed E-state index contributed by atoms with van der Waals surface area (Å²) in [6, 6.07) is 10.4. The zero-order valence-electron chi connectivity index (χ0n) is 9.93. The summed E-state index contributed by atoms with van der Waals surface area (Å²) in [6.07, 6.45) is 2.81. The molecule has 0 saturated heterocycles. The predicted molar refractivity (Wildman–Crippen MR) is 71.2 cm³/mol. The molecule has 0 aliphatic heterocycles. The van der Waals surface area contributed by atoms with Gasteiger partial charge in [0.15, 0.2) is 0 Å². The molecule has 1 heterocycles. The van der Waals surface area contributed by atoms with Gasteiger partial charge in [-0.15, -0.1) is 0 Å². The number of nitrogens with zero attached hydrogens (tertiary/aromatic N) is 2. The highest BCUT2D eigenvalue weighted by atomic mass is 15.3. The van der Waals surface area contributed by atoms with E-state index in [4.69, 9.17) is 5.84 Å². The summed E-state index contributed by atoms with van der Waals surface area (Å²) >= 11 is 0. The van der Waals surface area contributed by atoms with E-state index in [1.807, 2.05) is 6.07 Å². The maximum absolute atomic E-state index is 5.27. The molecule has 5 nitrogen and oxygen atoms in total. The first-order chi connectivity index (χ1) is 8.86. The molecule has 2 aromatic rings. The van der Waals surface area contributed by atoms with E-state index in [2.05, 4.69) is 45.0 Å². The Hall–Kier alpha value is -2.14. The molecule has 3 rings (SSSR count). The standard InChI is InChI=1S/C13H15N5/c14-18-13-15-6-5-12(17-13)16-8-10-7-9-3-1-2-4-11(9)10/h1-6,10H,7-8,14H2,(H2,15,16,17,18). The number of nitrogens with two attached hydrogens (primary N) is 1. The molecular weight excluding hydrogens is 226 g/mol. The molecule has 92 valence electrons. The number of rotatable bonds is 4. The fraction of sp³-hybridized carbons (Fsp3) is 0.231. The molecule has 4 N–H and O–H groups in total. The first-order valence-corrected chi connectivity index (χ1v) is 5.98. The molecule has 0 spiro atoms. The van der Waals surface area contributed by atoms with Gasteiger partial charge in [0.25, 0.3) is 0 Å². The van der Waals surface area contributed by atoms with Crippen molar-refractivity contribution in [1.82, 2.24) is 9.97 Å². The molecule has 1 unspecified atom stereocenters. The molecule has 0 saturated carbocycles. The lowest BCUT2D eigenvalue weighted by atomic mass is 9.78. The number of nitrogens with one attached hydrogen (secondary N) is 2. The Morgan fingerprint density at radius 3 is 3.00 bits per heavy atom. The summed E-state index contributed by atoms with van der Waals surface area (Å²) in [7, 11) is 0. The fourth-order valence-electron chi connectivity index (χ4n) is 2.30. The smallest absolute Gasteiger partial charge is 0.239 e. The quantitative estimate of drug-likeness (QED) is 0.559.